The zero-order valence-corrected chi connectivity index (χ0v) is 58.8. The molecule has 2 aliphatic heterocycles. The Hall–Kier alpha value is -7.61. The molecule has 5 rings (SSSR count). The monoisotopic (exact) mass is 1340 g/mol. The summed E-state index contributed by atoms with van der Waals surface area (Å²) in [5.74, 6) is -7.03. The number of nitrogens with two attached hydrogens (primary N) is 2. The zero-order chi connectivity index (χ0) is 70.2. The predicted octanol–water partition coefficient (Wildman–Crippen LogP) is 6.14. The van der Waals surface area contributed by atoms with Gasteiger partial charge < -0.3 is 57.3 Å². The fourth-order valence-electron chi connectivity index (χ4n) is 13.3. The number of unbranched alkanes of at least 4 members (excludes halogenated alkanes) is 1. The van der Waals surface area contributed by atoms with Crippen LogP contribution in [0.3, 0.4) is 0 Å². The van der Waals surface area contributed by atoms with Gasteiger partial charge in [-0.15, -0.1) is 11.3 Å². The van der Waals surface area contributed by atoms with Gasteiger partial charge in [0, 0.05) is 82.8 Å². The van der Waals surface area contributed by atoms with Crippen LogP contribution in [0, 0.1) is 41.4 Å². The molecule has 11 amide bonds. The SMILES string of the molecule is CC[C@H](C)[C@@H]([C@@H](CC(=O)N1CCC[C@H]1[C@H](OC)[C@@H](C)C(=O)N[C@@H](Cc1ccccc1)c1nccs1)OC)N(C)C(=O)[C@@H](NC(=O)[C@H](C(C)C)N(C)CCc1ccc(NC(=O)[C@H](CCCNC(N)=O)NC(=O)[C@@H](C(C)C)C(CCCCN2C(=O)C=CC2=O)C(N)=O)cc1)C(C)C. The Kier molecular flexibility index (Phi) is 31.4. The largest absolute Gasteiger partial charge is 0.379 e. The molecular weight excluding hydrogens is 1230 g/mol. The molecule has 3 aromatic rings. The number of benzene rings is 2. The number of ether oxygens (including phenoxy) is 2. The Morgan fingerprint density at radius 2 is 1.43 bits per heavy atom. The van der Waals surface area contributed by atoms with E-state index in [1.807, 2.05) is 113 Å². The first-order chi connectivity index (χ1) is 45.1. The summed E-state index contributed by atoms with van der Waals surface area (Å²) in [5.41, 5.74) is 13.6. The van der Waals surface area contributed by atoms with Crippen molar-refractivity contribution < 1.29 is 57.4 Å². The highest BCUT2D eigenvalue weighted by molar-refractivity contribution is 7.09. The van der Waals surface area contributed by atoms with Gasteiger partial charge in [0.05, 0.1) is 54.6 Å². The minimum atomic E-state index is -1.09. The number of primary amides is 2. The molecule has 3 heterocycles. The molecule has 25 heteroatoms. The van der Waals surface area contributed by atoms with Crippen LogP contribution in [0.5, 0.6) is 0 Å². The zero-order valence-electron chi connectivity index (χ0n) is 58.0. The van der Waals surface area contributed by atoms with Gasteiger partial charge >= 0.3 is 6.03 Å². The van der Waals surface area contributed by atoms with Crippen molar-refractivity contribution in [2.75, 3.05) is 59.8 Å². The Morgan fingerprint density at radius 1 is 0.758 bits per heavy atom. The van der Waals surface area contributed by atoms with Gasteiger partial charge in [-0.1, -0.05) is 118 Å². The lowest BCUT2D eigenvalue weighted by atomic mass is 9.79. The van der Waals surface area contributed by atoms with E-state index >= 15 is 0 Å². The Balaban J connectivity index is 1.21. The van der Waals surface area contributed by atoms with E-state index in [9.17, 15) is 47.9 Å². The number of hydrogen-bond acceptors (Lipinski definition) is 15. The molecule has 1 aromatic heterocycles. The van der Waals surface area contributed by atoms with Gasteiger partial charge in [0.1, 0.15) is 17.1 Å². The lowest BCUT2D eigenvalue weighted by Crippen LogP contribution is -2.60. The summed E-state index contributed by atoms with van der Waals surface area (Å²) < 4.78 is 12.3. The Bertz CT molecular complexity index is 3020. The molecule has 24 nitrogen and oxygen atoms in total. The molecule has 0 aliphatic carbocycles. The smallest absolute Gasteiger partial charge is 0.312 e. The van der Waals surface area contributed by atoms with Crippen molar-refractivity contribution in [3.05, 3.63) is 94.5 Å². The molecule has 1 fully saturated rings. The summed E-state index contributed by atoms with van der Waals surface area (Å²) in [6.07, 6.45) is 7.25. The van der Waals surface area contributed by atoms with E-state index in [4.69, 9.17) is 20.9 Å². The number of nitrogens with one attached hydrogen (secondary N) is 5. The van der Waals surface area contributed by atoms with Crippen molar-refractivity contribution in [1.29, 1.82) is 0 Å². The van der Waals surface area contributed by atoms with Crippen LogP contribution in [0.1, 0.15) is 142 Å². The number of likely N-dealkylation sites (N-methyl/N-ethyl adjacent to an activating group) is 2. The van der Waals surface area contributed by atoms with Crippen LogP contribution in [0.2, 0.25) is 0 Å². The maximum atomic E-state index is 14.9. The molecular formula is C70H106N12O12S. The first-order valence-electron chi connectivity index (χ1n) is 33.6. The average molecular weight is 1340 g/mol. The van der Waals surface area contributed by atoms with Crippen molar-refractivity contribution in [2.45, 2.75) is 181 Å². The second kappa shape index (κ2) is 38.2. The van der Waals surface area contributed by atoms with Gasteiger partial charge in [-0.3, -0.25) is 53.0 Å². The lowest BCUT2D eigenvalue weighted by Gasteiger charge is -2.41. The summed E-state index contributed by atoms with van der Waals surface area (Å²) in [6, 6.07) is 12.4. The van der Waals surface area contributed by atoms with E-state index in [0.29, 0.717) is 57.3 Å². The minimum absolute atomic E-state index is 0.0330. The molecule has 0 saturated carbocycles. The molecule has 0 bridgehead atoms. The first kappa shape index (κ1) is 78.1. The van der Waals surface area contributed by atoms with Crippen LogP contribution in [0.4, 0.5) is 10.5 Å². The Labute approximate surface area is 565 Å². The van der Waals surface area contributed by atoms with Crippen molar-refractivity contribution >= 4 is 76.2 Å². The number of hydrogen-bond donors (Lipinski definition) is 7. The number of thiazole rings is 1. The lowest BCUT2D eigenvalue weighted by molar-refractivity contribution is -0.148. The summed E-state index contributed by atoms with van der Waals surface area (Å²) in [4.78, 5) is 146. The Morgan fingerprint density at radius 3 is 2.00 bits per heavy atom. The third-order valence-corrected chi connectivity index (χ3v) is 19.5. The molecule has 2 aliphatic rings. The highest BCUT2D eigenvalue weighted by atomic mass is 32.1. The second-order valence-electron chi connectivity index (χ2n) is 26.5. The number of carbonyl (C=O) groups excluding carboxylic acids is 10. The maximum Gasteiger partial charge on any atom is 0.312 e. The van der Waals surface area contributed by atoms with Gasteiger partial charge in [-0.2, -0.15) is 0 Å². The number of imide groups is 1. The third kappa shape index (κ3) is 22.5. The number of aromatic nitrogens is 1. The number of urea groups is 1. The normalized spacial score (nSPS) is 17.5. The summed E-state index contributed by atoms with van der Waals surface area (Å²) in [5, 5.41) is 17.3. The molecule has 95 heavy (non-hydrogen) atoms. The standard InChI is InChI=1S/C70H106N12O12S/c1-14-45(8)61(54(93-12)41-57(85)81-37-21-26-53(81)62(94-13)46(9)64(87)77-52(68-73-35-39-95-68)40-48-22-16-15-17-23-48)80(11)69(91)59(43(4)5)78-67(90)60(44(6)7)79(10)38-33-47-27-29-49(30-28-47)75-65(88)51(25-20-34-74-70(72)92)76-66(89)58(42(2)3)50(63(71)86)24-18-19-36-82-55(83)31-32-56(82)84/h15-17,22-23,27-32,35,39,42-46,50-54,58-62H,14,18-21,24-26,33-34,36-38,40-41H2,1-13H3,(H2,71,86)(H,75,88)(H,76,89)(H,77,87)(H,78,90)(H3,72,74,92)/t45-,46+,50?,51-,52-,53-,54+,58-,59-,60-,61-,62+/m0/s1. The molecule has 524 valence electrons. The van der Waals surface area contributed by atoms with Crippen molar-refractivity contribution in [3.8, 4) is 0 Å². The van der Waals surface area contributed by atoms with E-state index in [2.05, 4.69) is 31.6 Å². The number of methoxy groups -OCH3 is 2. The van der Waals surface area contributed by atoms with Gasteiger partial charge in [-0.05, 0) is 105 Å². The molecule has 0 spiro atoms. The fraction of sp³-hybridized carbons (Fsp3) is 0.614. The van der Waals surface area contributed by atoms with E-state index in [-0.39, 0.29) is 98.2 Å². The number of likely N-dealkylation sites (tertiary alicyclic amines) is 1. The molecule has 9 N–H and O–H groups in total. The van der Waals surface area contributed by atoms with Crippen LogP contribution in [-0.2, 0) is 65.5 Å². The van der Waals surface area contributed by atoms with Crippen molar-refractivity contribution in [2.24, 2.45) is 52.9 Å². The topological polar surface area (TPSA) is 327 Å². The second-order valence-corrected chi connectivity index (χ2v) is 27.4. The van der Waals surface area contributed by atoms with E-state index in [0.717, 1.165) is 27.5 Å². The highest BCUT2D eigenvalue weighted by Gasteiger charge is 2.44. The van der Waals surface area contributed by atoms with Gasteiger partial charge in [0.15, 0.2) is 0 Å². The van der Waals surface area contributed by atoms with Gasteiger partial charge in [0.25, 0.3) is 11.8 Å². The summed E-state index contributed by atoms with van der Waals surface area (Å²) >= 11 is 1.48. The maximum absolute atomic E-state index is 14.9. The van der Waals surface area contributed by atoms with Crippen molar-refractivity contribution in [3.63, 3.8) is 0 Å². The molecule has 1 unspecified atom stereocenters. The molecule has 12 atom stereocenters. The number of rotatable bonds is 40. The van der Waals surface area contributed by atoms with E-state index < -0.39 is 89.7 Å². The van der Waals surface area contributed by atoms with Crippen LogP contribution in [0.25, 0.3) is 0 Å². The van der Waals surface area contributed by atoms with E-state index in [1.54, 1.807) is 58.3 Å². The van der Waals surface area contributed by atoms with Crippen LogP contribution >= 0.6 is 11.3 Å². The van der Waals surface area contributed by atoms with Crippen LogP contribution in [0.15, 0.2) is 78.3 Å². The number of anilines is 1. The number of amides is 11. The average Bonchev–Trinajstić information content (AvgIpc) is 1.80. The summed E-state index contributed by atoms with van der Waals surface area (Å²) in [6.45, 7) is 18.3. The fourth-order valence-corrected chi connectivity index (χ4v) is 14.0. The summed E-state index contributed by atoms with van der Waals surface area (Å²) in [7, 11) is 6.70. The number of carbonyl (C=O) groups is 10. The third-order valence-electron chi connectivity index (χ3n) is 18.7. The number of nitrogens with zero attached hydrogens (tertiary/aromatic N) is 5. The van der Waals surface area contributed by atoms with E-state index in [1.165, 1.54) is 23.5 Å². The van der Waals surface area contributed by atoms with Crippen LogP contribution < -0.4 is 38.1 Å². The minimum Gasteiger partial charge on any atom is -0.379 e. The molecule has 2 aromatic carbocycles. The quantitative estimate of drug-likeness (QED) is 0.0248. The highest BCUT2D eigenvalue weighted by Crippen LogP contribution is 2.32. The van der Waals surface area contributed by atoms with Crippen LogP contribution in [-0.4, -0.2) is 181 Å². The molecule has 0 radical (unpaired) electrons. The predicted molar refractivity (Wildman–Crippen MR) is 366 cm³/mol. The van der Waals surface area contributed by atoms with Gasteiger partial charge in [0.2, 0.25) is 41.4 Å². The van der Waals surface area contributed by atoms with Crippen molar-refractivity contribution in [1.82, 2.24) is 45.9 Å². The first-order valence-corrected chi connectivity index (χ1v) is 34.4. The molecule has 1 saturated heterocycles. The van der Waals surface area contributed by atoms with Gasteiger partial charge in [-0.25, -0.2) is 9.78 Å².